The quantitative estimate of drug-likeness (QED) is 0.752. The van der Waals surface area contributed by atoms with Gasteiger partial charge >= 0.3 is 0 Å². The van der Waals surface area contributed by atoms with Crippen molar-refractivity contribution in [1.82, 2.24) is 9.97 Å². The van der Waals surface area contributed by atoms with Gasteiger partial charge in [-0.25, -0.2) is 14.4 Å². The van der Waals surface area contributed by atoms with Crippen LogP contribution in [0, 0.1) is 18.7 Å². The first-order valence-electron chi connectivity index (χ1n) is 7.71. The van der Waals surface area contributed by atoms with Crippen LogP contribution in [-0.4, -0.2) is 22.4 Å². The molecule has 1 aromatic heterocycles. The molecule has 0 saturated carbocycles. The maximum Gasteiger partial charge on any atom is 0.222 e. The molecule has 0 aliphatic heterocycles. The first-order valence-corrected chi connectivity index (χ1v) is 8.09. The summed E-state index contributed by atoms with van der Waals surface area (Å²) in [4.78, 5) is 20.3. The molecule has 0 radical (unpaired) electrons. The number of anilines is 1. The first-order chi connectivity index (χ1) is 11.4. The van der Waals surface area contributed by atoms with E-state index in [0.29, 0.717) is 36.2 Å². The molecule has 2 rings (SSSR count). The number of nitrogens with one attached hydrogen (secondary N) is 1. The summed E-state index contributed by atoms with van der Waals surface area (Å²) in [7, 11) is 0. The van der Waals surface area contributed by atoms with E-state index in [9.17, 15) is 9.18 Å². The van der Waals surface area contributed by atoms with E-state index in [1.807, 2.05) is 13.8 Å². The number of nitrogens with two attached hydrogens (primary N) is 1. The van der Waals surface area contributed by atoms with Crippen molar-refractivity contribution in [2.75, 3.05) is 11.9 Å². The number of primary amides is 1. The summed E-state index contributed by atoms with van der Waals surface area (Å²) in [6, 6.07) is 6.02. The van der Waals surface area contributed by atoms with Crippen LogP contribution in [0.4, 0.5) is 10.2 Å². The van der Waals surface area contributed by atoms with Crippen LogP contribution in [0.3, 0.4) is 0 Å². The fourth-order valence-corrected chi connectivity index (χ4v) is 2.45. The van der Waals surface area contributed by atoms with Gasteiger partial charge in [0, 0.05) is 18.5 Å². The third-order valence-electron chi connectivity index (χ3n) is 3.76. The average molecular weight is 351 g/mol. The average Bonchev–Trinajstić information content (AvgIpc) is 2.56. The van der Waals surface area contributed by atoms with Gasteiger partial charge in [-0.05, 0) is 31.0 Å². The van der Waals surface area contributed by atoms with Gasteiger partial charge in [-0.2, -0.15) is 0 Å². The molecule has 3 N–H and O–H groups in total. The van der Waals surface area contributed by atoms with E-state index >= 15 is 0 Å². The summed E-state index contributed by atoms with van der Waals surface area (Å²) in [5, 5.41) is 3.52. The third-order valence-corrected chi connectivity index (χ3v) is 4.13. The molecule has 5 nitrogen and oxygen atoms in total. The van der Waals surface area contributed by atoms with Gasteiger partial charge in [0.15, 0.2) is 0 Å². The number of rotatable bonds is 7. The maximum atomic E-state index is 13.0. The summed E-state index contributed by atoms with van der Waals surface area (Å²) in [5.74, 6) is 0.0272. The highest BCUT2D eigenvalue weighted by Crippen LogP contribution is 2.21. The van der Waals surface area contributed by atoms with Gasteiger partial charge in [0.2, 0.25) is 5.91 Å². The molecule has 1 amide bonds. The van der Waals surface area contributed by atoms with Crippen LogP contribution in [0.1, 0.15) is 23.9 Å². The molecule has 128 valence electrons. The van der Waals surface area contributed by atoms with E-state index in [2.05, 4.69) is 15.3 Å². The smallest absolute Gasteiger partial charge is 0.222 e. The molecule has 1 unspecified atom stereocenters. The minimum atomic E-state index is -0.450. The second-order valence-electron chi connectivity index (χ2n) is 5.57. The van der Waals surface area contributed by atoms with Gasteiger partial charge in [0.25, 0.3) is 0 Å². The SMILES string of the molecule is CCc1nc(Cl)c(C)c(NCC(Cc2ccc(F)cc2)C(N)=O)n1. The number of aryl methyl sites for hydroxylation is 1. The Labute approximate surface area is 145 Å². The topological polar surface area (TPSA) is 80.9 Å². The summed E-state index contributed by atoms with van der Waals surface area (Å²) in [5.41, 5.74) is 7.05. The van der Waals surface area contributed by atoms with Crippen molar-refractivity contribution in [1.29, 1.82) is 0 Å². The van der Waals surface area contributed by atoms with Crippen LogP contribution in [0.15, 0.2) is 24.3 Å². The van der Waals surface area contributed by atoms with E-state index in [1.54, 1.807) is 12.1 Å². The van der Waals surface area contributed by atoms with Gasteiger partial charge in [-0.3, -0.25) is 4.79 Å². The lowest BCUT2D eigenvalue weighted by molar-refractivity contribution is -0.121. The molecule has 0 aliphatic rings. The van der Waals surface area contributed by atoms with Gasteiger partial charge in [-0.15, -0.1) is 0 Å². The Morgan fingerprint density at radius 1 is 1.33 bits per heavy atom. The molecule has 1 atom stereocenters. The molecule has 1 heterocycles. The fraction of sp³-hybridized carbons (Fsp3) is 0.353. The molecular formula is C17H20ClFN4O. The number of carbonyl (C=O) groups excluding carboxylic acids is 1. The summed E-state index contributed by atoms with van der Waals surface area (Å²) >= 11 is 6.10. The molecule has 1 aromatic carbocycles. The lowest BCUT2D eigenvalue weighted by Gasteiger charge is -2.16. The van der Waals surface area contributed by atoms with E-state index in [-0.39, 0.29) is 5.82 Å². The highest BCUT2D eigenvalue weighted by atomic mass is 35.5. The molecule has 24 heavy (non-hydrogen) atoms. The van der Waals surface area contributed by atoms with Crippen LogP contribution in [0.25, 0.3) is 0 Å². The standard InChI is InChI=1S/C17H20ClFN4O/c1-3-14-22-15(18)10(2)17(23-14)21-9-12(16(20)24)8-11-4-6-13(19)7-5-11/h4-7,12H,3,8-9H2,1-2H3,(H2,20,24)(H,21,22,23). The maximum absolute atomic E-state index is 13.0. The van der Waals surface area contributed by atoms with Crippen LogP contribution < -0.4 is 11.1 Å². The largest absolute Gasteiger partial charge is 0.369 e. The highest BCUT2D eigenvalue weighted by molar-refractivity contribution is 6.30. The van der Waals surface area contributed by atoms with E-state index < -0.39 is 11.8 Å². The van der Waals surface area contributed by atoms with Crippen molar-refractivity contribution >= 4 is 23.3 Å². The van der Waals surface area contributed by atoms with Crippen molar-refractivity contribution in [3.8, 4) is 0 Å². The van der Waals surface area contributed by atoms with Crippen molar-refractivity contribution in [2.24, 2.45) is 11.7 Å². The van der Waals surface area contributed by atoms with Crippen molar-refractivity contribution in [3.63, 3.8) is 0 Å². The minimum absolute atomic E-state index is 0.310. The monoisotopic (exact) mass is 350 g/mol. The molecule has 0 bridgehead atoms. The molecule has 0 fully saturated rings. The van der Waals surface area contributed by atoms with E-state index in [4.69, 9.17) is 17.3 Å². The Morgan fingerprint density at radius 3 is 2.58 bits per heavy atom. The third kappa shape index (κ3) is 4.64. The Hall–Kier alpha value is -2.21. The Morgan fingerprint density at radius 2 is 2.00 bits per heavy atom. The highest BCUT2D eigenvalue weighted by Gasteiger charge is 2.17. The zero-order valence-electron chi connectivity index (χ0n) is 13.6. The number of carbonyl (C=O) groups is 1. The predicted octanol–water partition coefficient (Wildman–Crippen LogP) is 2.90. The Kier molecular flexibility index (Phi) is 6.09. The number of hydrogen-bond acceptors (Lipinski definition) is 4. The lowest BCUT2D eigenvalue weighted by atomic mass is 9.98. The van der Waals surface area contributed by atoms with Crippen LogP contribution in [0.2, 0.25) is 5.15 Å². The van der Waals surface area contributed by atoms with Crippen molar-refractivity contribution < 1.29 is 9.18 Å². The number of amides is 1. The van der Waals surface area contributed by atoms with E-state index in [1.165, 1.54) is 12.1 Å². The lowest BCUT2D eigenvalue weighted by Crippen LogP contribution is -2.31. The zero-order chi connectivity index (χ0) is 17.7. The number of hydrogen-bond donors (Lipinski definition) is 2. The second-order valence-corrected chi connectivity index (χ2v) is 5.93. The molecule has 0 saturated heterocycles. The minimum Gasteiger partial charge on any atom is -0.369 e. The summed E-state index contributed by atoms with van der Waals surface area (Å²) < 4.78 is 13.0. The number of nitrogens with zero attached hydrogens (tertiary/aromatic N) is 2. The number of halogens is 2. The van der Waals surface area contributed by atoms with Gasteiger partial charge in [0.1, 0.15) is 22.6 Å². The zero-order valence-corrected chi connectivity index (χ0v) is 14.4. The van der Waals surface area contributed by atoms with E-state index in [0.717, 1.165) is 11.1 Å². The van der Waals surface area contributed by atoms with Crippen LogP contribution in [-0.2, 0) is 17.6 Å². The first kappa shape index (κ1) is 18.1. The Balaban J connectivity index is 2.10. The van der Waals surface area contributed by atoms with Gasteiger partial charge < -0.3 is 11.1 Å². The van der Waals surface area contributed by atoms with Crippen LogP contribution >= 0.6 is 11.6 Å². The van der Waals surface area contributed by atoms with Gasteiger partial charge in [-0.1, -0.05) is 30.7 Å². The van der Waals surface area contributed by atoms with Gasteiger partial charge in [0.05, 0.1) is 5.92 Å². The van der Waals surface area contributed by atoms with Crippen molar-refractivity contribution in [2.45, 2.75) is 26.7 Å². The molecule has 2 aromatic rings. The molecule has 7 heteroatoms. The normalized spacial score (nSPS) is 12.0. The summed E-state index contributed by atoms with van der Waals surface area (Å²) in [6.07, 6.45) is 1.07. The predicted molar refractivity (Wildman–Crippen MR) is 92.4 cm³/mol. The fourth-order valence-electron chi connectivity index (χ4n) is 2.26. The molecular weight excluding hydrogens is 331 g/mol. The number of benzene rings is 1. The number of aromatic nitrogens is 2. The van der Waals surface area contributed by atoms with Crippen molar-refractivity contribution in [3.05, 3.63) is 52.2 Å². The second kappa shape index (κ2) is 8.06. The molecule has 0 spiro atoms. The molecule has 0 aliphatic carbocycles. The van der Waals surface area contributed by atoms with Crippen LogP contribution in [0.5, 0.6) is 0 Å². The Bertz CT molecular complexity index is 721. The summed E-state index contributed by atoms with van der Waals surface area (Å²) in [6.45, 7) is 4.05.